The van der Waals surface area contributed by atoms with Gasteiger partial charge in [0, 0.05) is 17.1 Å². The van der Waals surface area contributed by atoms with E-state index < -0.39 is 0 Å². The minimum Gasteiger partial charge on any atom is -0.496 e. The van der Waals surface area contributed by atoms with Crippen LogP contribution >= 0.6 is 0 Å². The zero-order valence-corrected chi connectivity index (χ0v) is 21.7. The predicted octanol–water partition coefficient (Wildman–Crippen LogP) is 5.09. The average Bonchev–Trinajstić information content (AvgIpc) is 3.28. The number of rotatable bonds is 10. The van der Waals surface area contributed by atoms with Gasteiger partial charge < -0.3 is 28.4 Å². The maximum absolute atomic E-state index is 12.4. The number of benzene rings is 2. The third-order valence-electron chi connectivity index (χ3n) is 6.70. The fourth-order valence-electron chi connectivity index (χ4n) is 4.48. The van der Waals surface area contributed by atoms with E-state index in [1.165, 1.54) is 0 Å². The second-order valence-corrected chi connectivity index (χ2v) is 8.69. The summed E-state index contributed by atoms with van der Waals surface area (Å²) in [6.45, 7) is 6.30. The number of hydrogen-bond acceptors (Lipinski definition) is 7. The summed E-state index contributed by atoms with van der Waals surface area (Å²) < 4.78 is 34.1. The maximum Gasteiger partial charge on any atom is 0.333 e. The number of methoxy groups -OCH3 is 4. The number of esters is 1. The van der Waals surface area contributed by atoms with Crippen molar-refractivity contribution in [3.63, 3.8) is 0 Å². The Morgan fingerprint density at radius 2 is 1.60 bits per heavy atom. The van der Waals surface area contributed by atoms with Crippen molar-refractivity contribution in [2.45, 2.75) is 33.3 Å². The van der Waals surface area contributed by atoms with E-state index in [-0.39, 0.29) is 30.5 Å². The van der Waals surface area contributed by atoms with Crippen LogP contribution in [0.5, 0.6) is 23.0 Å². The summed E-state index contributed by atoms with van der Waals surface area (Å²) in [4.78, 5) is 12.4. The summed E-state index contributed by atoms with van der Waals surface area (Å²) in [5.41, 5.74) is 3.53. The highest BCUT2D eigenvalue weighted by Gasteiger charge is 2.40. The first-order chi connectivity index (χ1) is 16.9. The standard InChI is InChI=1S/C28H36O7/c1-8-17(2)28(29)35-16-22-21(11-19-9-10-23(30-4)26(12-19)33-7)15-34-27(22)20-13-24(31-5)18(3)25(14-20)32-6/h8-10,12-14,21-22,27H,11,15-16H2,1-7H3/b17-8+/t21-,22-,27+/m0/s1. The normalized spacial score (nSPS) is 19.9. The van der Waals surface area contributed by atoms with E-state index in [1.54, 1.807) is 41.4 Å². The largest absolute Gasteiger partial charge is 0.496 e. The van der Waals surface area contributed by atoms with E-state index in [0.717, 1.165) is 34.6 Å². The Hall–Kier alpha value is -3.19. The second-order valence-electron chi connectivity index (χ2n) is 8.69. The van der Waals surface area contributed by atoms with Gasteiger partial charge >= 0.3 is 5.97 Å². The van der Waals surface area contributed by atoms with Crippen molar-refractivity contribution in [1.29, 1.82) is 0 Å². The first kappa shape index (κ1) is 26.4. The lowest BCUT2D eigenvalue weighted by atomic mass is 9.84. The molecule has 1 aliphatic rings. The van der Waals surface area contributed by atoms with Crippen molar-refractivity contribution in [3.8, 4) is 23.0 Å². The van der Waals surface area contributed by atoms with Gasteiger partial charge in [0.2, 0.25) is 0 Å². The van der Waals surface area contributed by atoms with E-state index in [9.17, 15) is 4.79 Å². The average molecular weight is 485 g/mol. The van der Waals surface area contributed by atoms with Crippen LogP contribution in [0.2, 0.25) is 0 Å². The molecule has 2 aromatic rings. The van der Waals surface area contributed by atoms with Crippen molar-refractivity contribution < 1.29 is 33.2 Å². The van der Waals surface area contributed by atoms with Crippen LogP contribution in [-0.2, 0) is 20.7 Å². The van der Waals surface area contributed by atoms with Crippen LogP contribution in [0.1, 0.15) is 36.6 Å². The summed E-state index contributed by atoms with van der Waals surface area (Å²) >= 11 is 0. The third-order valence-corrected chi connectivity index (χ3v) is 6.70. The molecule has 0 aromatic heterocycles. The Morgan fingerprint density at radius 3 is 2.17 bits per heavy atom. The Kier molecular flexibility index (Phi) is 9.04. The molecule has 2 aromatic carbocycles. The van der Waals surface area contributed by atoms with Gasteiger partial charge in [0.1, 0.15) is 11.5 Å². The molecule has 7 heteroatoms. The Morgan fingerprint density at radius 1 is 0.971 bits per heavy atom. The first-order valence-electron chi connectivity index (χ1n) is 11.7. The van der Waals surface area contributed by atoms with Crippen LogP contribution in [0, 0.1) is 18.8 Å². The lowest BCUT2D eigenvalue weighted by Gasteiger charge is -2.24. The molecule has 3 atom stereocenters. The smallest absolute Gasteiger partial charge is 0.333 e. The van der Waals surface area contributed by atoms with Crippen LogP contribution in [0.15, 0.2) is 42.0 Å². The molecule has 1 saturated heterocycles. The molecule has 190 valence electrons. The van der Waals surface area contributed by atoms with Crippen LogP contribution < -0.4 is 18.9 Å². The summed E-state index contributed by atoms with van der Waals surface area (Å²) in [6.07, 6.45) is 2.21. The van der Waals surface area contributed by atoms with Gasteiger partial charge in [-0.1, -0.05) is 12.1 Å². The van der Waals surface area contributed by atoms with Crippen LogP contribution in [0.4, 0.5) is 0 Å². The molecular formula is C28H36O7. The third kappa shape index (κ3) is 5.90. The number of ether oxygens (including phenoxy) is 6. The highest BCUT2D eigenvalue weighted by atomic mass is 16.5. The number of allylic oxidation sites excluding steroid dienone is 1. The summed E-state index contributed by atoms with van der Waals surface area (Å²) in [5, 5.41) is 0. The molecule has 7 nitrogen and oxygen atoms in total. The molecule has 0 radical (unpaired) electrons. The van der Waals surface area contributed by atoms with Crippen LogP contribution in [0.25, 0.3) is 0 Å². The molecule has 35 heavy (non-hydrogen) atoms. The van der Waals surface area contributed by atoms with Crippen LogP contribution in [-0.4, -0.2) is 47.6 Å². The summed E-state index contributed by atoms with van der Waals surface area (Å²) in [7, 11) is 6.52. The van der Waals surface area contributed by atoms with Crippen LogP contribution in [0.3, 0.4) is 0 Å². The fourth-order valence-corrected chi connectivity index (χ4v) is 4.48. The van der Waals surface area contributed by atoms with Gasteiger partial charge in [-0.15, -0.1) is 0 Å². The quantitative estimate of drug-likeness (QED) is 0.344. The number of hydrogen-bond donors (Lipinski definition) is 0. The maximum atomic E-state index is 12.4. The molecule has 0 amide bonds. The summed E-state index contributed by atoms with van der Waals surface area (Å²) in [5.74, 6) is 2.56. The molecule has 0 N–H and O–H groups in total. The minimum atomic E-state index is -0.318. The van der Waals surface area contributed by atoms with Crippen molar-refractivity contribution in [2.24, 2.45) is 11.8 Å². The molecule has 0 spiro atoms. The molecule has 1 fully saturated rings. The highest BCUT2D eigenvalue weighted by molar-refractivity contribution is 5.87. The first-order valence-corrected chi connectivity index (χ1v) is 11.7. The lowest BCUT2D eigenvalue weighted by molar-refractivity contribution is -0.141. The topological polar surface area (TPSA) is 72.5 Å². The molecule has 1 heterocycles. The van der Waals surface area contributed by atoms with Crippen molar-refractivity contribution >= 4 is 5.97 Å². The minimum absolute atomic E-state index is 0.0613. The second kappa shape index (κ2) is 12.0. The van der Waals surface area contributed by atoms with E-state index in [4.69, 9.17) is 28.4 Å². The van der Waals surface area contributed by atoms with E-state index >= 15 is 0 Å². The summed E-state index contributed by atoms with van der Waals surface area (Å²) in [6, 6.07) is 9.87. The van der Waals surface area contributed by atoms with Gasteiger partial charge in [-0.25, -0.2) is 4.79 Å². The zero-order valence-electron chi connectivity index (χ0n) is 21.7. The predicted molar refractivity (Wildman–Crippen MR) is 134 cm³/mol. The van der Waals surface area contributed by atoms with E-state index in [2.05, 4.69) is 0 Å². The Balaban J connectivity index is 1.92. The van der Waals surface area contributed by atoms with Gasteiger partial charge in [-0.3, -0.25) is 0 Å². The van der Waals surface area contributed by atoms with Gasteiger partial charge in [0.25, 0.3) is 0 Å². The van der Waals surface area contributed by atoms with Gasteiger partial charge in [-0.2, -0.15) is 0 Å². The van der Waals surface area contributed by atoms with E-state index in [0.29, 0.717) is 23.7 Å². The Labute approximate surface area is 207 Å². The molecule has 0 unspecified atom stereocenters. The molecule has 0 saturated carbocycles. The van der Waals surface area contributed by atoms with Gasteiger partial charge in [-0.05, 0) is 68.5 Å². The Bertz CT molecular complexity index is 1030. The lowest BCUT2D eigenvalue weighted by Crippen LogP contribution is -2.25. The SMILES string of the molecule is C/C=C(\C)C(=O)OC[C@H]1[C@@H](Cc2ccc(OC)c(OC)c2)CO[C@@H]1c1cc(OC)c(C)c(OC)c1. The fraction of sp³-hybridized carbons (Fsp3) is 0.464. The monoisotopic (exact) mass is 484 g/mol. The molecular weight excluding hydrogens is 448 g/mol. The zero-order chi connectivity index (χ0) is 25.5. The molecule has 0 bridgehead atoms. The highest BCUT2D eigenvalue weighted by Crippen LogP contribution is 2.44. The van der Waals surface area contributed by atoms with Crippen molar-refractivity contribution in [1.82, 2.24) is 0 Å². The van der Waals surface area contributed by atoms with Crippen molar-refractivity contribution in [2.75, 3.05) is 41.7 Å². The number of carbonyl (C=O) groups excluding carboxylic acids is 1. The molecule has 1 aliphatic heterocycles. The molecule has 3 rings (SSSR count). The molecule has 0 aliphatic carbocycles. The van der Waals surface area contributed by atoms with E-state index in [1.807, 2.05) is 44.2 Å². The van der Waals surface area contributed by atoms with Gasteiger partial charge in [0.05, 0.1) is 47.8 Å². The van der Waals surface area contributed by atoms with Crippen molar-refractivity contribution in [3.05, 3.63) is 58.7 Å². The number of carbonyl (C=O) groups is 1. The van der Waals surface area contributed by atoms with Gasteiger partial charge in [0.15, 0.2) is 11.5 Å².